The van der Waals surface area contributed by atoms with E-state index < -0.39 is 0 Å². The Labute approximate surface area is 187 Å². The van der Waals surface area contributed by atoms with Gasteiger partial charge < -0.3 is 13.9 Å². The van der Waals surface area contributed by atoms with Gasteiger partial charge in [-0.25, -0.2) is 0 Å². The number of ether oxygens (including phenoxy) is 2. The molecule has 2 heterocycles. The Kier molecular flexibility index (Phi) is 8.45. The minimum atomic E-state index is 0.457. The summed E-state index contributed by atoms with van der Waals surface area (Å²) in [5.41, 5.74) is 2.09. The van der Waals surface area contributed by atoms with E-state index in [-0.39, 0.29) is 0 Å². The third-order valence-electron chi connectivity index (χ3n) is 4.70. The van der Waals surface area contributed by atoms with E-state index >= 15 is 0 Å². The van der Waals surface area contributed by atoms with Crippen molar-refractivity contribution < 1.29 is 13.9 Å². The Bertz CT molecular complexity index is 771. The van der Waals surface area contributed by atoms with Gasteiger partial charge in [0.05, 0.1) is 18.6 Å². The van der Waals surface area contributed by atoms with Crippen molar-refractivity contribution in [3.05, 3.63) is 34.5 Å². The van der Waals surface area contributed by atoms with Gasteiger partial charge in [-0.1, -0.05) is 51.2 Å². The van der Waals surface area contributed by atoms with E-state index in [9.17, 15) is 0 Å². The lowest BCUT2D eigenvalue weighted by molar-refractivity contribution is 0.0805. The second-order valence-electron chi connectivity index (χ2n) is 6.70. The molecule has 142 valence electrons. The van der Waals surface area contributed by atoms with Crippen LogP contribution in [0.1, 0.15) is 43.6 Å². The maximum Gasteiger partial charge on any atom is 0.194 e. The van der Waals surface area contributed by atoms with Crippen LogP contribution in [0.5, 0.6) is 5.75 Å². The molecule has 3 rings (SSSR count). The van der Waals surface area contributed by atoms with Crippen LogP contribution in [0.25, 0.3) is 11.0 Å². The Morgan fingerprint density at radius 2 is 2.15 bits per heavy atom. The highest BCUT2D eigenvalue weighted by molar-refractivity contribution is 14.1. The molecule has 1 saturated heterocycles. The summed E-state index contributed by atoms with van der Waals surface area (Å²) in [5.74, 6) is 1.30. The zero-order chi connectivity index (χ0) is 18.4. The van der Waals surface area contributed by atoms with Crippen molar-refractivity contribution in [3.63, 3.8) is 0 Å². The summed E-state index contributed by atoms with van der Waals surface area (Å²) in [7, 11) is 0. The molecule has 1 aromatic heterocycles. The Morgan fingerprint density at radius 3 is 2.92 bits per heavy atom. The second kappa shape index (κ2) is 10.6. The minimum absolute atomic E-state index is 0.457. The van der Waals surface area contributed by atoms with Crippen LogP contribution in [0, 0.1) is 4.71 Å². The lowest BCUT2D eigenvalue weighted by Gasteiger charge is -2.22. The van der Waals surface area contributed by atoms with Crippen molar-refractivity contribution in [1.29, 1.82) is 0 Å². The van der Waals surface area contributed by atoms with Gasteiger partial charge in [-0.2, -0.15) is 0 Å². The van der Waals surface area contributed by atoms with Gasteiger partial charge in [-0.05, 0) is 62.0 Å². The van der Waals surface area contributed by atoms with E-state index in [0.717, 1.165) is 53.3 Å². The number of halogens is 2. The summed E-state index contributed by atoms with van der Waals surface area (Å²) < 4.78 is 19.9. The fourth-order valence-electron chi connectivity index (χ4n) is 3.26. The zero-order valence-corrected chi connectivity index (χ0v) is 19.8. The molecule has 1 fully saturated rings. The molecule has 26 heavy (non-hydrogen) atoms. The third kappa shape index (κ3) is 5.78. The number of alkyl halides is 2. The minimum Gasteiger partial charge on any atom is -0.493 e. The predicted octanol–water partition coefficient (Wildman–Crippen LogP) is 6.84. The summed E-state index contributed by atoms with van der Waals surface area (Å²) in [6.07, 6.45) is 5.79. The van der Waals surface area contributed by atoms with Crippen LogP contribution in [0.3, 0.4) is 0 Å². The zero-order valence-electron chi connectivity index (χ0n) is 14.7. The molecule has 0 saturated carbocycles. The molecule has 2 unspecified atom stereocenters. The van der Waals surface area contributed by atoms with E-state index in [1.807, 2.05) is 12.1 Å². The first-order chi connectivity index (χ1) is 12.7. The molecule has 0 aliphatic carbocycles. The largest absolute Gasteiger partial charge is 0.493 e. The van der Waals surface area contributed by atoms with Gasteiger partial charge in [0, 0.05) is 26.9 Å². The van der Waals surface area contributed by atoms with Gasteiger partial charge in [-0.3, -0.25) is 0 Å². The first-order valence-electron chi connectivity index (χ1n) is 9.16. The molecule has 3 nitrogen and oxygen atoms in total. The summed E-state index contributed by atoms with van der Waals surface area (Å²) in [6, 6.07) is 8.18. The molecule has 0 amide bonds. The highest BCUT2D eigenvalue weighted by Crippen LogP contribution is 2.32. The van der Waals surface area contributed by atoms with Crippen LogP contribution in [0.4, 0.5) is 0 Å². The quantitative estimate of drug-likeness (QED) is 0.144. The number of rotatable bonds is 8. The van der Waals surface area contributed by atoms with Gasteiger partial charge in [-0.15, -0.1) is 0 Å². The Balaban J connectivity index is 1.72. The maximum atomic E-state index is 6.10. The lowest BCUT2D eigenvalue weighted by Crippen LogP contribution is -2.15. The molecule has 0 N–H and O–H groups in total. The molecule has 1 aliphatic heterocycles. The molecular formula is C20H24I2O3S. The van der Waals surface area contributed by atoms with Crippen LogP contribution in [-0.2, 0) is 4.74 Å². The molecule has 2 aromatic rings. The smallest absolute Gasteiger partial charge is 0.194 e. The van der Waals surface area contributed by atoms with E-state index in [2.05, 4.69) is 57.3 Å². The summed E-state index contributed by atoms with van der Waals surface area (Å²) in [4.78, 5) is 0. The first-order valence-corrected chi connectivity index (χ1v) is 12.3. The van der Waals surface area contributed by atoms with Crippen molar-refractivity contribution in [2.45, 2.75) is 41.9 Å². The fraction of sp³-hybridized carbons (Fsp3) is 0.550. The van der Waals surface area contributed by atoms with Crippen molar-refractivity contribution in [2.24, 2.45) is 0 Å². The SMILES string of the molecule is S=c1cc(OCCCCC(I)CI)c2cc(C3CCCOC3)ccc2o1. The Morgan fingerprint density at radius 1 is 1.27 bits per heavy atom. The highest BCUT2D eigenvalue weighted by Gasteiger charge is 2.17. The van der Waals surface area contributed by atoms with Crippen LogP contribution in [0.2, 0.25) is 0 Å². The van der Waals surface area contributed by atoms with Gasteiger partial charge in [0.2, 0.25) is 0 Å². The second-order valence-corrected chi connectivity index (χ2v) is 9.74. The summed E-state index contributed by atoms with van der Waals surface area (Å²) >= 11 is 10.2. The summed E-state index contributed by atoms with van der Waals surface area (Å²) in [5, 5.41) is 1.01. The van der Waals surface area contributed by atoms with Crippen LogP contribution in [0.15, 0.2) is 28.7 Å². The van der Waals surface area contributed by atoms with Crippen molar-refractivity contribution >= 4 is 68.4 Å². The highest BCUT2D eigenvalue weighted by atomic mass is 127. The Hall–Kier alpha value is 0.0700. The average Bonchev–Trinajstić information content (AvgIpc) is 2.67. The molecule has 2 atom stereocenters. The van der Waals surface area contributed by atoms with Crippen LogP contribution < -0.4 is 4.74 Å². The molecule has 0 bridgehead atoms. The van der Waals surface area contributed by atoms with E-state index in [1.165, 1.54) is 29.3 Å². The van der Waals surface area contributed by atoms with E-state index in [0.29, 0.717) is 10.6 Å². The van der Waals surface area contributed by atoms with Gasteiger partial charge in [0.25, 0.3) is 0 Å². The third-order valence-corrected chi connectivity index (χ3v) is 8.71. The average molecular weight is 598 g/mol. The fourth-order valence-corrected chi connectivity index (χ4v) is 4.33. The van der Waals surface area contributed by atoms with Crippen molar-refractivity contribution in [2.75, 3.05) is 24.2 Å². The maximum absolute atomic E-state index is 6.10. The van der Waals surface area contributed by atoms with Crippen LogP contribution >= 0.6 is 57.4 Å². The standard InChI is InChI=1S/C20H24I2O3S/c21-12-16(22)5-1-2-9-24-19-11-20(26)25-18-7-6-14(10-17(18)19)15-4-3-8-23-13-15/h6-7,10-11,15-16H,1-5,8-9,12-13H2. The van der Waals surface area contributed by atoms with Crippen LogP contribution in [-0.4, -0.2) is 28.2 Å². The molecular weight excluding hydrogens is 574 g/mol. The predicted molar refractivity (Wildman–Crippen MR) is 126 cm³/mol. The number of benzene rings is 1. The number of fused-ring (bicyclic) bond motifs is 1. The summed E-state index contributed by atoms with van der Waals surface area (Å²) in [6.45, 7) is 2.39. The molecule has 1 aliphatic rings. The topological polar surface area (TPSA) is 31.6 Å². The molecule has 0 spiro atoms. The van der Waals surface area contributed by atoms with E-state index in [1.54, 1.807) is 0 Å². The number of hydrogen-bond donors (Lipinski definition) is 0. The molecule has 1 aromatic carbocycles. The normalized spacial score (nSPS) is 18.8. The van der Waals surface area contributed by atoms with Gasteiger partial charge >= 0.3 is 0 Å². The number of unbranched alkanes of at least 4 members (excludes halogenated alkanes) is 1. The van der Waals surface area contributed by atoms with Crippen molar-refractivity contribution in [3.8, 4) is 5.75 Å². The van der Waals surface area contributed by atoms with Crippen molar-refractivity contribution in [1.82, 2.24) is 0 Å². The molecule has 0 radical (unpaired) electrons. The number of hydrogen-bond acceptors (Lipinski definition) is 4. The monoisotopic (exact) mass is 598 g/mol. The van der Waals surface area contributed by atoms with Gasteiger partial charge in [0.15, 0.2) is 4.71 Å². The lowest BCUT2D eigenvalue weighted by atomic mass is 9.92. The molecule has 6 heteroatoms. The van der Waals surface area contributed by atoms with E-state index in [4.69, 9.17) is 26.1 Å². The van der Waals surface area contributed by atoms with Gasteiger partial charge in [0.1, 0.15) is 11.3 Å². The first kappa shape index (κ1) is 20.8.